The Kier molecular flexibility index (Phi) is 4.61. The molecule has 0 saturated carbocycles. The fraction of sp³-hybridized carbons (Fsp3) is 0.250. The minimum absolute atomic E-state index is 0.0722. The van der Waals surface area contributed by atoms with Gasteiger partial charge in [0.2, 0.25) is 0 Å². The molecule has 0 aliphatic rings. The van der Waals surface area contributed by atoms with Gasteiger partial charge >= 0.3 is 10.1 Å². The van der Waals surface area contributed by atoms with Crippen LogP contribution in [0.2, 0.25) is 0 Å². The van der Waals surface area contributed by atoms with Crippen LogP contribution in [0.3, 0.4) is 0 Å². The molecule has 0 radical (unpaired) electrons. The number of aryl methyl sites for hydroxylation is 2. The van der Waals surface area contributed by atoms with Gasteiger partial charge in [0.15, 0.2) is 4.90 Å². The van der Waals surface area contributed by atoms with Gasteiger partial charge in [-0.2, -0.15) is 8.42 Å². The standard InChI is InChI=1S/C16H18O5S/c1-11-6-5-7-12(2)16(11)21-22(17,18)15-10-13(19-3)8-9-14(15)20-4/h5-10H,1-4H3. The maximum atomic E-state index is 12.6. The highest BCUT2D eigenvalue weighted by molar-refractivity contribution is 7.87. The Balaban J connectivity index is 2.51. The van der Waals surface area contributed by atoms with E-state index >= 15 is 0 Å². The second-order valence-corrected chi connectivity index (χ2v) is 6.29. The van der Waals surface area contributed by atoms with E-state index in [1.165, 1.54) is 26.4 Å². The Morgan fingerprint density at radius 1 is 0.909 bits per heavy atom. The van der Waals surface area contributed by atoms with Crippen LogP contribution in [0.1, 0.15) is 11.1 Å². The summed E-state index contributed by atoms with van der Waals surface area (Å²) in [6, 6.07) is 9.95. The first-order chi connectivity index (χ1) is 10.4. The van der Waals surface area contributed by atoms with Crippen LogP contribution in [0.25, 0.3) is 0 Å². The normalized spacial score (nSPS) is 11.1. The van der Waals surface area contributed by atoms with Crippen molar-refractivity contribution in [3.8, 4) is 17.2 Å². The molecule has 118 valence electrons. The number of methoxy groups -OCH3 is 2. The van der Waals surface area contributed by atoms with Crippen molar-refractivity contribution in [3.05, 3.63) is 47.5 Å². The fourth-order valence-corrected chi connectivity index (χ4v) is 3.29. The zero-order valence-electron chi connectivity index (χ0n) is 12.9. The lowest BCUT2D eigenvalue weighted by Crippen LogP contribution is -2.12. The Morgan fingerprint density at radius 3 is 2.09 bits per heavy atom. The molecule has 5 nitrogen and oxygen atoms in total. The Bertz CT molecular complexity index is 761. The van der Waals surface area contributed by atoms with Gasteiger partial charge < -0.3 is 13.7 Å². The topological polar surface area (TPSA) is 61.8 Å². The van der Waals surface area contributed by atoms with Gasteiger partial charge in [-0.05, 0) is 37.1 Å². The molecule has 0 amide bonds. The highest BCUT2D eigenvalue weighted by Gasteiger charge is 2.24. The molecule has 0 aromatic heterocycles. The molecule has 0 atom stereocenters. The maximum Gasteiger partial charge on any atom is 0.343 e. The van der Waals surface area contributed by atoms with Crippen molar-refractivity contribution in [2.24, 2.45) is 0 Å². The van der Waals surface area contributed by atoms with E-state index in [2.05, 4.69) is 0 Å². The van der Waals surface area contributed by atoms with Crippen LogP contribution < -0.4 is 13.7 Å². The fourth-order valence-electron chi connectivity index (χ4n) is 2.06. The summed E-state index contributed by atoms with van der Waals surface area (Å²) in [5.41, 5.74) is 1.48. The number of para-hydroxylation sites is 1. The van der Waals surface area contributed by atoms with Crippen LogP contribution >= 0.6 is 0 Å². The van der Waals surface area contributed by atoms with Crippen LogP contribution in [-0.2, 0) is 10.1 Å². The first-order valence-electron chi connectivity index (χ1n) is 6.62. The molecule has 0 fully saturated rings. The zero-order valence-corrected chi connectivity index (χ0v) is 13.7. The van der Waals surface area contributed by atoms with Gasteiger partial charge in [-0.1, -0.05) is 18.2 Å². The maximum absolute atomic E-state index is 12.6. The Morgan fingerprint density at radius 2 is 1.55 bits per heavy atom. The van der Waals surface area contributed by atoms with E-state index in [0.29, 0.717) is 11.5 Å². The molecule has 22 heavy (non-hydrogen) atoms. The van der Waals surface area contributed by atoms with Crippen molar-refractivity contribution < 1.29 is 22.1 Å². The van der Waals surface area contributed by atoms with E-state index in [-0.39, 0.29) is 10.6 Å². The van der Waals surface area contributed by atoms with Gasteiger partial charge in [-0.3, -0.25) is 0 Å². The molecule has 2 aromatic rings. The third-order valence-electron chi connectivity index (χ3n) is 3.24. The van der Waals surface area contributed by atoms with Gasteiger partial charge in [-0.25, -0.2) is 0 Å². The predicted octanol–water partition coefficient (Wildman–Crippen LogP) is 3.09. The highest BCUT2D eigenvalue weighted by atomic mass is 32.2. The smallest absolute Gasteiger partial charge is 0.343 e. The average Bonchev–Trinajstić information content (AvgIpc) is 2.50. The molecule has 0 N–H and O–H groups in total. The molecule has 0 heterocycles. The van der Waals surface area contributed by atoms with E-state index in [1.54, 1.807) is 32.0 Å². The van der Waals surface area contributed by atoms with Crippen LogP contribution in [0.4, 0.5) is 0 Å². The molecule has 0 saturated heterocycles. The highest BCUT2D eigenvalue weighted by Crippen LogP contribution is 2.32. The molecule has 2 aromatic carbocycles. The lowest BCUT2D eigenvalue weighted by atomic mass is 10.1. The van der Waals surface area contributed by atoms with Gasteiger partial charge in [-0.15, -0.1) is 0 Å². The third-order valence-corrected chi connectivity index (χ3v) is 4.49. The average molecular weight is 322 g/mol. The lowest BCUT2D eigenvalue weighted by Gasteiger charge is -2.14. The Hall–Kier alpha value is -2.21. The van der Waals surface area contributed by atoms with Crippen molar-refractivity contribution in [1.82, 2.24) is 0 Å². The minimum Gasteiger partial charge on any atom is -0.497 e. The summed E-state index contributed by atoms with van der Waals surface area (Å²) in [6.45, 7) is 3.58. The van der Waals surface area contributed by atoms with Crippen LogP contribution in [-0.4, -0.2) is 22.6 Å². The van der Waals surface area contributed by atoms with E-state index in [1.807, 2.05) is 6.07 Å². The SMILES string of the molecule is COc1ccc(OC)c(S(=O)(=O)Oc2c(C)cccc2C)c1. The Labute approximate surface area is 130 Å². The van der Waals surface area contributed by atoms with Crippen molar-refractivity contribution in [2.75, 3.05) is 14.2 Å². The largest absolute Gasteiger partial charge is 0.497 e. The summed E-state index contributed by atoms with van der Waals surface area (Å²) in [4.78, 5) is -0.0722. The summed E-state index contributed by atoms with van der Waals surface area (Å²) in [5, 5.41) is 0. The van der Waals surface area contributed by atoms with Gasteiger partial charge in [0.05, 0.1) is 14.2 Å². The number of hydrogen-bond acceptors (Lipinski definition) is 5. The quantitative estimate of drug-likeness (QED) is 0.792. The predicted molar refractivity (Wildman–Crippen MR) is 83.3 cm³/mol. The molecule has 6 heteroatoms. The van der Waals surface area contributed by atoms with Crippen molar-refractivity contribution >= 4 is 10.1 Å². The van der Waals surface area contributed by atoms with Gasteiger partial charge in [0.25, 0.3) is 0 Å². The molecular formula is C16H18O5S. The van der Waals surface area contributed by atoms with Crippen LogP contribution in [0.15, 0.2) is 41.3 Å². The van der Waals surface area contributed by atoms with Crippen LogP contribution in [0, 0.1) is 13.8 Å². The molecular weight excluding hydrogens is 304 g/mol. The lowest BCUT2D eigenvalue weighted by molar-refractivity contribution is 0.388. The summed E-state index contributed by atoms with van der Waals surface area (Å²) in [5.74, 6) is 0.934. The third kappa shape index (κ3) is 3.17. The molecule has 0 aliphatic heterocycles. The van der Waals surface area contributed by atoms with Gasteiger partial charge in [0, 0.05) is 6.07 Å². The number of benzene rings is 2. The monoisotopic (exact) mass is 322 g/mol. The zero-order chi connectivity index (χ0) is 16.3. The molecule has 2 rings (SSSR count). The van der Waals surface area contributed by atoms with Crippen molar-refractivity contribution in [2.45, 2.75) is 18.7 Å². The summed E-state index contributed by atoms with van der Waals surface area (Å²) in [6.07, 6.45) is 0. The van der Waals surface area contributed by atoms with Crippen molar-refractivity contribution in [1.29, 1.82) is 0 Å². The first-order valence-corrected chi connectivity index (χ1v) is 8.02. The van der Waals surface area contributed by atoms with E-state index in [9.17, 15) is 8.42 Å². The molecule has 0 bridgehead atoms. The van der Waals surface area contributed by atoms with Crippen LogP contribution in [0.5, 0.6) is 17.2 Å². The first kappa shape index (κ1) is 16.2. The molecule has 0 aliphatic carbocycles. The van der Waals surface area contributed by atoms with Gasteiger partial charge in [0.1, 0.15) is 17.2 Å². The second kappa shape index (κ2) is 6.27. The summed E-state index contributed by atoms with van der Waals surface area (Å²) < 4.78 is 40.7. The van der Waals surface area contributed by atoms with E-state index in [0.717, 1.165) is 11.1 Å². The summed E-state index contributed by atoms with van der Waals surface area (Å²) >= 11 is 0. The number of rotatable bonds is 5. The van der Waals surface area contributed by atoms with E-state index in [4.69, 9.17) is 13.7 Å². The molecule has 0 unspecified atom stereocenters. The number of hydrogen-bond donors (Lipinski definition) is 0. The van der Waals surface area contributed by atoms with E-state index < -0.39 is 10.1 Å². The summed E-state index contributed by atoms with van der Waals surface area (Å²) in [7, 11) is -1.17. The van der Waals surface area contributed by atoms with Crippen molar-refractivity contribution in [3.63, 3.8) is 0 Å². The minimum atomic E-state index is -4.04. The second-order valence-electron chi connectivity index (χ2n) is 4.78. The number of ether oxygens (including phenoxy) is 2. The molecule has 0 spiro atoms.